The predicted molar refractivity (Wildman–Crippen MR) is 75.2 cm³/mol. The van der Waals surface area contributed by atoms with E-state index in [0.717, 1.165) is 24.7 Å². The zero-order chi connectivity index (χ0) is 13.5. The van der Waals surface area contributed by atoms with Gasteiger partial charge in [-0.1, -0.05) is 13.8 Å². The average Bonchev–Trinajstić information content (AvgIpc) is 2.27. The first kappa shape index (κ1) is 15.2. The smallest absolute Gasteiger partial charge is 0.206 e. The molecule has 0 radical (unpaired) electrons. The van der Waals surface area contributed by atoms with E-state index in [-0.39, 0.29) is 6.04 Å². The maximum atomic E-state index is 5.52. The van der Waals surface area contributed by atoms with Crippen molar-refractivity contribution in [1.82, 2.24) is 10.7 Å². The van der Waals surface area contributed by atoms with Crippen LogP contribution in [0.4, 0.5) is 0 Å². The molecule has 18 heavy (non-hydrogen) atoms. The highest BCUT2D eigenvalue weighted by atomic mass is 16.5. The summed E-state index contributed by atoms with van der Waals surface area (Å²) in [5.74, 6) is 7.69. The molecular formula is C13H28N4O. The molecule has 1 fully saturated rings. The quantitative estimate of drug-likeness (QED) is 0.306. The molecule has 3 atom stereocenters. The van der Waals surface area contributed by atoms with Crippen molar-refractivity contribution >= 4 is 5.96 Å². The normalized spacial score (nSPS) is 30.9. The molecule has 5 heteroatoms. The van der Waals surface area contributed by atoms with Gasteiger partial charge in [0, 0.05) is 13.2 Å². The highest BCUT2D eigenvalue weighted by Crippen LogP contribution is 2.30. The lowest BCUT2D eigenvalue weighted by atomic mass is 9.81. The summed E-state index contributed by atoms with van der Waals surface area (Å²) >= 11 is 0. The molecule has 5 nitrogen and oxygen atoms in total. The second-order valence-electron chi connectivity index (χ2n) is 5.69. The second kappa shape index (κ2) is 7.59. The number of hydrogen-bond acceptors (Lipinski definition) is 3. The third-order valence-corrected chi connectivity index (χ3v) is 3.40. The molecule has 3 unspecified atom stereocenters. The van der Waals surface area contributed by atoms with Crippen molar-refractivity contribution in [3.63, 3.8) is 0 Å². The summed E-state index contributed by atoms with van der Waals surface area (Å²) in [5.41, 5.74) is 2.65. The predicted octanol–water partition coefficient (Wildman–Crippen LogP) is 1.25. The first-order valence-corrected chi connectivity index (χ1v) is 6.85. The Kier molecular flexibility index (Phi) is 6.43. The lowest BCUT2D eigenvalue weighted by Crippen LogP contribution is -2.47. The first-order chi connectivity index (χ1) is 8.55. The molecule has 1 saturated carbocycles. The standard InChI is InChI=1S/C13H28N4O/c1-9-5-10(2)7-12(6-9)16-13(17-14)15-11(3)8-18-4/h9-12H,5-8,14H2,1-4H3,(H2,15,16,17). The summed E-state index contributed by atoms with van der Waals surface area (Å²) in [4.78, 5) is 4.69. The Morgan fingerprint density at radius 3 is 2.44 bits per heavy atom. The van der Waals surface area contributed by atoms with Crippen LogP contribution in [0.3, 0.4) is 0 Å². The van der Waals surface area contributed by atoms with E-state index in [9.17, 15) is 0 Å². The summed E-state index contributed by atoms with van der Waals surface area (Å²) in [6.45, 7) is 7.28. The van der Waals surface area contributed by atoms with E-state index in [2.05, 4.69) is 24.6 Å². The van der Waals surface area contributed by atoms with Crippen LogP contribution >= 0.6 is 0 Å². The third kappa shape index (κ3) is 5.23. The van der Waals surface area contributed by atoms with Gasteiger partial charge in [0.2, 0.25) is 5.96 Å². The Morgan fingerprint density at radius 1 is 1.33 bits per heavy atom. The van der Waals surface area contributed by atoms with Crippen molar-refractivity contribution in [3.05, 3.63) is 0 Å². The zero-order valence-electron chi connectivity index (χ0n) is 12.1. The van der Waals surface area contributed by atoms with Gasteiger partial charge in [0.1, 0.15) is 0 Å². The van der Waals surface area contributed by atoms with Gasteiger partial charge in [-0.2, -0.15) is 0 Å². The summed E-state index contributed by atoms with van der Waals surface area (Å²) in [5, 5.41) is 3.23. The number of ether oxygens (including phenoxy) is 1. The third-order valence-electron chi connectivity index (χ3n) is 3.40. The molecule has 0 aliphatic heterocycles. The number of aliphatic imine (C=N–C) groups is 1. The molecule has 0 aromatic carbocycles. The Labute approximate surface area is 111 Å². The second-order valence-corrected chi connectivity index (χ2v) is 5.69. The summed E-state index contributed by atoms with van der Waals surface area (Å²) in [7, 11) is 1.69. The van der Waals surface area contributed by atoms with Gasteiger partial charge in [0.05, 0.1) is 12.6 Å². The maximum absolute atomic E-state index is 5.52. The fraction of sp³-hybridized carbons (Fsp3) is 0.923. The van der Waals surface area contributed by atoms with Crippen LogP contribution in [0.2, 0.25) is 0 Å². The number of methoxy groups -OCH3 is 1. The molecule has 106 valence electrons. The molecule has 4 N–H and O–H groups in total. The summed E-state index contributed by atoms with van der Waals surface area (Å²) in [6.07, 6.45) is 3.61. The van der Waals surface area contributed by atoms with Crippen LogP contribution in [-0.2, 0) is 4.74 Å². The van der Waals surface area contributed by atoms with E-state index in [0.29, 0.717) is 18.6 Å². The summed E-state index contributed by atoms with van der Waals surface area (Å²) < 4.78 is 5.09. The van der Waals surface area contributed by atoms with Crippen LogP contribution in [0.15, 0.2) is 4.99 Å². The maximum Gasteiger partial charge on any atom is 0.206 e. The van der Waals surface area contributed by atoms with Crippen LogP contribution in [0.25, 0.3) is 0 Å². The molecular weight excluding hydrogens is 228 g/mol. The van der Waals surface area contributed by atoms with Crippen LogP contribution < -0.4 is 16.6 Å². The van der Waals surface area contributed by atoms with Gasteiger partial charge in [-0.15, -0.1) is 0 Å². The van der Waals surface area contributed by atoms with Gasteiger partial charge in [-0.25, -0.2) is 10.8 Å². The SMILES string of the molecule is COCC(C)NC(=NC1CC(C)CC(C)C1)NN. The van der Waals surface area contributed by atoms with Crippen molar-refractivity contribution in [2.24, 2.45) is 22.7 Å². The fourth-order valence-corrected chi connectivity index (χ4v) is 2.83. The van der Waals surface area contributed by atoms with Gasteiger partial charge in [0.15, 0.2) is 0 Å². The molecule has 0 aromatic rings. The first-order valence-electron chi connectivity index (χ1n) is 6.85. The van der Waals surface area contributed by atoms with E-state index >= 15 is 0 Å². The zero-order valence-corrected chi connectivity index (χ0v) is 12.1. The number of nitrogens with two attached hydrogens (primary N) is 1. The van der Waals surface area contributed by atoms with Gasteiger partial charge < -0.3 is 10.1 Å². The van der Waals surface area contributed by atoms with Gasteiger partial charge in [-0.3, -0.25) is 5.43 Å². The van der Waals surface area contributed by atoms with Gasteiger partial charge in [-0.05, 0) is 38.0 Å². The Hall–Kier alpha value is -0.810. The monoisotopic (exact) mass is 256 g/mol. The lowest BCUT2D eigenvalue weighted by molar-refractivity contribution is 0.178. The molecule has 0 saturated heterocycles. The minimum atomic E-state index is 0.197. The largest absolute Gasteiger partial charge is 0.383 e. The topological polar surface area (TPSA) is 71.7 Å². The number of nitrogens with zero attached hydrogens (tertiary/aromatic N) is 1. The number of hydrazine groups is 1. The van der Waals surface area contributed by atoms with E-state index in [1.807, 2.05) is 6.92 Å². The Balaban J connectivity index is 2.54. The van der Waals surface area contributed by atoms with Crippen LogP contribution in [0.5, 0.6) is 0 Å². The highest BCUT2D eigenvalue weighted by molar-refractivity contribution is 5.79. The minimum Gasteiger partial charge on any atom is -0.383 e. The number of rotatable bonds is 4. The van der Waals surface area contributed by atoms with Crippen LogP contribution in [0, 0.1) is 11.8 Å². The summed E-state index contributed by atoms with van der Waals surface area (Å²) in [6, 6.07) is 0.570. The lowest BCUT2D eigenvalue weighted by Gasteiger charge is -2.29. The molecule has 0 aromatic heterocycles. The number of guanidine groups is 1. The van der Waals surface area contributed by atoms with E-state index in [1.54, 1.807) is 7.11 Å². The number of hydrogen-bond donors (Lipinski definition) is 3. The number of nitrogens with one attached hydrogen (secondary N) is 2. The van der Waals surface area contributed by atoms with Crippen molar-refractivity contribution in [3.8, 4) is 0 Å². The molecule has 0 bridgehead atoms. The molecule has 0 spiro atoms. The molecule has 0 heterocycles. The van der Waals surface area contributed by atoms with Crippen LogP contribution in [-0.4, -0.2) is 31.8 Å². The van der Waals surface area contributed by atoms with Gasteiger partial charge >= 0.3 is 0 Å². The van der Waals surface area contributed by atoms with Crippen molar-refractivity contribution in [1.29, 1.82) is 0 Å². The van der Waals surface area contributed by atoms with E-state index < -0.39 is 0 Å². The molecule has 0 amide bonds. The Morgan fingerprint density at radius 2 is 1.94 bits per heavy atom. The molecule has 1 aliphatic carbocycles. The van der Waals surface area contributed by atoms with Gasteiger partial charge in [0.25, 0.3) is 0 Å². The molecule has 1 aliphatic rings. The highest BCUT2D eigenvalue weighted by Gasteiger charge is 2.23. The van der Waals surface area contributed by atoms with Crippen molar-refractivity contribution in [2.45, 2.75) is 52.1 Å². The van der Waals surface area contributed by atoms with Crippen LogP contribution in [0.1, 0.15) is 40.0 Å². The van der Waals surface area contributed by atoms with E-state index in [4.69, 9.17) is 15.6 Å². The van der Waals surface area contributed by atoms with E-state index in [1.165, 1.54) is 6.42 Å². The average molecular weight is 256 g/mol. The minimum absolute atomic E-state index is 0.197. The van der Waals surface area contributed by atoms with Crippen molar-refractivity contribution in [2.75, 3.05) is 13.7 Å². The Bertz CT molecular complexity index is 260. The van der Waals surface area contributed by atoms with Crippen molar-refractivity contribution < 1.29 is 4.74 Å². The molecule has 1 rings (SSSR count). The fourth-order valence-electron chi connectivity index (χ4n) is 2.83.